The van der Waals surface area contributed by atoms with E-state index in [2.05, 4.69) is 13.8 Å². The second-order valence-corrected chi connectivity index (χ2v) is 5.99. The van der Waals surface area contributed by atoms with Gasteiger partial charge in [-0.25, -0.2) is 0 Å². The minimum absolute atomic E-state index is 0.0755. The van der Waals surface area contributed by atoms with E-state index < -0.39 is 0 Å². The summed E-state index contributed by atoms with van der Waals surface area (Å²) in [4.78, 5) is 14.2. The number of hydrogen-bond acceptors (Lipinski definition) is 2. The molecule has 2 N–H and O–H groups in total. The molecular formula is C14H19ClN2O. The van der Waals surface area contributed by atoms with Crippen LogP contribution in [-0.2, 0) is 10.2 Å². The van der Waals surface area contributed by atoms with Gasteiger partial charge in [-0.1, -0.05) is 38.4 Å². The van der Waals surface area contributed by atoms with E-state index in [-0.39, 0.29) is 17.2 Å². The van der Waals surface area contributed by atoms with Crippen LogP contribution in [0.3, 0.4) is 0 Å². The predicted octanol–water partition coefficient (Wildman–Crippen LogP) is 2.56. The Morgan fingerprint density at radius 2 is 2.22 bits per heavy atom. The van der Waals surface area contributed by atoms with Gasteiger partial charge in [0.05, 0.1) is 0 Å². The molecule has 1 aliphatic heterocycles. The average Bonchev–Trinajstić information content (AvgIpc) is 2.60. The smallest absolute Gasteiger partial charge is 0.231 e. The zero-order valence-corrected chi connectivity index (χ0v) is 11.8. The Morgan fingerprint density at radius 1 is 1.56 bits per heavy atom. The third kappa shape index (κ3) is 2.02. The molecule has 4 heteroatoms. The van der Waals surface area contributed by atoms with E-state index in [9.17, 15) is 4.79 Å². The second kappa shape index (κ2) is 4.56. The van der Waals surface area contributed by atoms with Gasteiger partial charge < -0.3 is 10.6 Å². The molecule has 1 atom stereocenters. The third-order valence-corrected chi connectivity index (χ3v) is 3.87. The lowest BCUT2D eigenvalue weighted by atomic mass is 9.87. The quantitative estimate of drug-likeness (QED) is 0.894. The molecule has 1 amide bonds. The number of nitrogens with two attached hydrogens (primary N) is 1. The van der Waals surface area contributed by atoms with Crippen LogP contribution in [0.4, 0.5) is 5.69 Å². The van der Waals surface area contributed by atoms with Crippen LogP contribution in [-0.4, -0.2) is 19.0 Å². The molecule has 0 saturated heterocycles. The fraction of sp³-hybridized carbons (Fsp3) is 0.500. The molecule has 1 heterocycles. The maximum absolute atomic E-state index is 12.3. The number of nitrogens with zero attached hydrogens (tertiary/aromatic N) is 1. The molecule has 98 valence electrons. The molecule has 0 saturated carbocycles. The molecule has 3 nitrogen and oxygen atoms in total. The molecular weight excluding hydrogens is 248 g/mol. The number of carbonyl (C=O) groups is 1. The van der Waals surface area contributed by atoms with Gasteiger partial charge in [-0.2, -0.15) is 0 Å². The highest BCUT2D eigenvalue weighted by atomic mass is 35.5. The Labute approximate surface area is 113 Å². The fourth-order valence-corrected chi connectivity index (χ4v) is 2.96. The van der Waals surface area contributed by atoms with E-state index in [0.717, 1.165) is 16.3 Å². The molecule has 0 aromatic heterocycles. The zero-order chi connectivity index (χ0) is 13.5. The summed E-state index contributed by atoms with van der Waals surface area (Å²) in [6.07, 6.45) is 0. The summed E-state index contributed by atoms with van der Waals surface area (Å²) in [7, 11) is 0. The van der Waals surface area contributed by atoms with Gasteiger partial charge in [0, 0.05) is 40.7 Å². The Bertz CT molecular complexity index is 485. The molecule has 2 rings (SSSR count). The Kier molecular flexibility index (Phi) is 3.39. The maximum Gasteiger partial charge on any atom is 0.231 e. The first-order valence-electron chi connectivity index (χ1n) is 6.19. The van der Waals surface area contributed by atoms with Crippen LogP contribution in [0.1, 0.15) is 26.3 Å². The Balaban J connectivity index is 2.46. The van der Waals surface area contributed by atoms with Crippen molar-refractivity contribution in [1.29, 1.82) is 0 Å². The third-order valence-electron chi connectivity index (χ3n) is 3.55. The van der Waals surface area contributed by atoms with Gasteiger partial charge >= 0.3 is 0 Å². The number of carbonyl (C=O) groups excluding carboxylic acids is 1. The number of anilines is 1. The number of fused-ring (bicyclic) bond motifs is 1. The number of rotatable bonds is 2. The van der Waals surface area contributed by atoms with Gasteiger partial charge in [-0.15, -0.1) is 0 Å². The largest absolute Gasteiger partial charge is 0.330 e. The van der Waals surface area contributed by atoms with Gasteiger partial charge in [-0.05, 0) is 12.1 Å². The summed E-state index contributed by atoms with van der Waals surface area (Å²) < 4.78 is 0. The zero-order valence-electron chi connectivity index (χ0n) is 11.0. The Morgan fingerprint density at radius 3 is 2.83 bits per heavy atom. The topological polar surface area (TPSA) is 46.3 Å². The molecule has 0 fully saturated rings. The van der Waals surface area contributed by atoms with Crippen molar-refractivity contribution in [2.75, 3.05) is 18.0 Å². The van der Waals surface area contributed by atoms with Crippen molar-refractivity contribution >= 4 is 23.2 Å². The molecule has 18 heavy (non-hydrogen) atoms. The van der Waals surface area contributed by atoms with Gasteiger partial charge in [0.15, 0.2) is 0 Å². The van der Waals surface area contributed by atoms with Gasteiger partial charge in [0.1, 0.15) is 0 Å². The first-order chi connectivity index (χ1) is 8.38. The lowest BCUT2D eigenvalue weighted by Gasteiger charge is -2.23. The van der Waals surface area contributed by atoms with Crippen LogP contribution in [0.15, 0.2) is 18.2 Å². The highest BCUT2D eigenvalue weighted by Gasteiger charge is 2.40. The maximum atomic E-state index is 12.3. The van der Waals surface area contributed by atoms with E-state index in [1.165, 1.54) is 0 Å². The van der Waals surface area contributed by atoms with Crippen molar-refractivity contribution in [3.8, 4) is 0 Å². The number of hydrogen-bond donors (Lipinski definition) is 1. The monoisotopic (exact) mass is 266 g/mol. The van der Waals surface area contributed by atoms with Crippen LogP contribution in [0, 0.1) is 5.92 Å². The van der Waals surface area contributed by atoms with Crippen molar-refractivity contribution in [3.63, 3.8) is 0 Å². The van der Waals surface area contributed by atoms with Crippen LogP contribution in [0.2, 0.25) is 5.02 Å². The number of amides is 1. The van der Waals surface area contributed by atoms with Crippen LogP contribution in [0.25, 0.3) is 0 Å². The van der Waals surface area contributed by atoms with E-state index >= 15 is 0 Å². The molecule has 0 bridgehead atoms. The predicted molar refractivity (Wildman–Crippen MR) is 75.0 cm³/mol. The molecule has 1 unspecified atom stereocenters. The van der Waals surface area contributed by atoms with Crippen molar-refractivity contribution < 1.29 is 4.79 Å². The second-order valence-electron chi connectivity index (χ2n) is 5.58. The molecule has 0 spiro atoms. The summed E-state index contributed by atoms with van der Waals surface area (Å²) in [6.45, 7) is 7.11. The van der Waals surface area contributed by atoms with Crippen molar-refractivity contribution in [1.82, 2.24) is 0 Å². The summed E-state index contributed by atoms with van der Waals surface area (Å²) >= 11 is 6.27. The first kappa shape index (κ1) is 13.4. The van der Waals surface area contributed by atoms with Gasteiger partial charge in [-0.3, -0.25) is 4.79 Å². The molecule has 1 aliphatic rings. The summed E-state index contributed by atoms with van der Waals surface area (Å²) in [6, 6.07) is 5.72. The minimum Gasteiger partial charge on any atom is -0.330 e. The lowest BCUT2D eigenvalue weighted by molar-refractivity contribution is -0.121. The van der Waals surface area contributed by atoms with Crippen molar-refractivity contribution in [3.05, 3.63) is 28.8 Å². The van der Waals surface area contributed by atoms with Crippen molar-refractivity contribution in [2.45, 2.75) is 26.2 Å². The van der Waals surface area contributed by atoms with E-state index in [0.29, 0.717) is 13.1 Å². The molecule has 1 aromatic rings. The summed E-state index contributed by atoms with van der Waals surface area (Å²) in [5, 5.41) is 0.730. The fourth-order valence-electron chi connectivity index (χ4n) is 2.53. The van der Waals surface area contributed by atoms with Crippen LogP contribution >= 0.6 is 11.6 Å². The van der Waals surface area contributed by atoms with Crippen molar-refractivity contribution in [2.24, 2.45) is 11.7 Å². The van der Waals surface area contributed by atoms with Crippen LogP contribution in [0.5, 0.6) is 0 Å². The normalized spacial score (nSPS) is 18.6. The summed E-state index contributed by atoms with van der Waals surface area (Å²) in [5.41, 5.74) is 7.46. The SMILES string of the molecule is CC(CN)C(=O)N1CC(C)(C)c2c(Cl)cccc21. The minimum atomic E-state index is -0.161. The van der Waals surface area contributed by atoms with E-state index in [4.69, 9.17) is 17.3 Å². The Hall–Kier alpha value is -1.06. The van der Waals surface area contributed by atoms with Gasteiger partial charge in [0.25, 0.3) is 0 Å². The standard InChI is InChI=1S/C14H19ClN2O/c1-9(7-16)13(18)17-8-14(2,3)12-10(15)5-4-6-11(12)17/h4-6,9H,7-8,16H2,1-3H3. The molecule has 0 radical (unpaired) electrons. The van der Waals surface area contributed by atoms with Crippen LogP contribution < -0.4 is 10.6 Å². The van der Waals surface area contributed by atoms with E-state index in [1.54, 1.807) is 0 Å². The number of benzene rings is 1. The van der Waals surface area contributed by atoms with E-state index in [1.807, 2.05) is 30.0 Å². The lowest BCUT2D eigenvalue weighted by Crippen LogP contribution is -2.39. The molecule has 0 aliphatic carbocycles. The summed E-state index contributed by atoms with van der Waals surface area (Å²) in [5.74, 6) is -0.0858. The highest BCUT2D eigenvalue weighted by molar-refractivity contribution is 6.32. The molecule has 1 aromatic carbocycles. The highest BCUT2D eigenvalue weighted by Crippen LogP contribution is 2.44. The average molecular weight is 267 g/mol. The first-order valence-corrected chi connectivity index (χ1v) is 6.56. The number of halogens is 1. The van der Waals surface area contributed by atoms with Gasteiger partial charge in [0.2, 0.25) is 5.91 Å².